The predicted octanol–water partition coefficient (Wildman–Crippen LogP) is 3.14. The van der Waals surface area contributed by atoms with Crippen molar-refractivity contribution in [2.45, 2.75) is 51.2 Å². The number of rotatable bonds is 7. The zero-order valence-electron chi connectivity index (χ0n) is 16.0. The first-order valence-corrected chi connectivity index (χ1v) is 10.6. The summed E-state index contributed by atoms with van der Waals surface area (Å²) in [6.07, 6.45) is 8.11. The lowest BCUT2D eigenvalue weighted by molar-refractivity contribution is 0.175. The minimum absolute atomic E-state index is 0.319. The van der Waals surface area contributed by atoms with Crippen LogP contribution in [0.15, 0.2) is 24.3 Å². The van der Waals surface area contributed by atoms with Gasteiger partial charge in [-0.2, -0.15) is 0 Å². The highest BCUT2D eigenvalue weighted by Crippen LogP contribution is 2.28. The van der Waals surface area contributed by atoms with Crippen LogP contribution >= 0.6 is 0 Å². The average Bonchev–Trinajstić information content (AvgIpc) is 3.38. The van der Waals surface area contributed by atoms with E-state index in [1.54, 1.807) is 0 Å². The summed E-state index contributed by atoms with van der Waals surface area (Å²) < 4.78 is 6.17. The molecule has 0 bridgehead atoms. The normalized spacial score (nSPS) is 28.2. The molecule has 0 amide bonds. The van der Waals surface area contributed by atoms with Gasteiger partial charge in [0, 0.05) is 32.8 Å². The van der Waals surface area contributed by atoms with Gasteiger partial charge in [-0.1, -0.05) is 12.1 Å². The van der Waals surface area contributed by atoms with E-state index in [1.165, 1.54) is 57.2 Å². The van der Waals surface area contributed by atoms with Crippen molar-refractivity contribution in [3.63, 3.8) is 0 Å². The summed E-state index contributed by atoms with van der Waals surface area (Å²) >= 11 is 0. The van der Waals surface area contributed by atoms with Crippen LogP contribution in [0.3, 0.4) is 0 Å². The van der Waals surface area contributed by atoms with Crippen molar-refractivity contribution in [3.8, 4) is 5.75 Å². The molecule has 1 aromatic rings. The van der Waals surface area contributed by atoms with E-state index in [4.69, 9.17) is 4.74 Å². The molecule has 26 heavy (non-hydrogen) atoms. The molecular formula is C22H34N2O2. The van der Waals surface area contributed by atoms with E-state index in [0.717, 1.165) is 31.9 Å². The van der Waals surface area contributed by atoms with Crippen molar-refractivity contribution in [3.05, 3.63) is 29.8 Å². The fourth-order valence-corrected chi connectivity index (χ4v) is 5.05. The highest BCUT2D eigenvalue weighted by molar-refractivity contribution is 5.29. The van der Waals surface area contributed by atoms with Crippen molar-refractivity contribution < 1.29 is 9.84 Å². The van der Waals surface area contributed by atoms with Gasteiger partial charge in [0.1, 0.15) is 5.75 Å². The minimum atomic E-state index is 0.319. The summed E-state index contributed by atoms with van der Waals surface area (Å²) in [6, 6.07) is 8.66. The van der Waals surface area contributed by atoms with Crippen LogP contribution in [-0.4, -0.2) is 60.3 Å². The van der Waals surface area contributed by atoms with Crippen LogP contribution in [0.2, 0.25) is 0 Å². The van der Waals surface area contributed by atoms with Crippen molar-refractivity contribution >= 4 is 0 Å². The standard InChI is InChI=1S/C22H34N2O2/c25-17-20-16-24(15-19(20)14-23-10-3-4-11-23)13-18-6-5-9-22(12-18)26-21-7-1-2-8-21/h5-6,9,12,19-21,25H,1-4,7-8,10-11,13-17H2/t19-,20-/m0/s1. The van der Waals surface area contributed by atoms with Gasteiger partial charge in [0.25, 0.3) is 0 Å². The molecule has 0 radical (unpaired) electrons. The molecule has 0 spiro atoms. The molecule has 4 rings (SSSR count). The zero-order chi connectivity index (χ0) is 17.8. The summed E-state index contributed by atoms with van der Waals surface area (Å²) in [6.45, 7) is 7.06. The Morgan fingerprint density at radius 1 is 0.962 bits per heavy atom. The third kappa shape index (κ3) is 4.59. The molecule has 2 heterocycles. The van der Waals surface area contributed by atoms with Gasteiger partial charge in [-0.25, -0.2) is 0 Å². The second-order valence-corrected chi connectivity index (χ2v) is 8.58. The van der Waals surface area contributed by atoms with Gasteiger partial charge in [-0.05, 0) is 81.1 Å². The van der Waals surface area contributed by atoms with Crippen molar-refractivity contribution in [1.29, 1.82) is 0 Å². The number of ether oxygens (including phenoxy) is 1. The van der Waals surface area contributed by atoms with Crippen LogP contribution in [0.4, 0.5) is 0 Å². The van der Waals surface area contributed by atoms with Crippen LogP contribution in [0.1, 0.15) is 44.1 Å². The molecule has 3 aliphatic rings. The first-order valence-electron chi connectivity index (χ1n) is 10.6. The van der Waals surface area contributed by atoms with E-state index in [0.29, 0.717) is 24.5 Å². The van der Waals surface area contributed by atoms with Gasteiger partial charge in [0.05, 0.1) is 6.10 Å². The summed E-state index contributed by atoms with van der Waals surface area (Å²) in [4.78, 5) is 5.11. The first kappa shape index (κ1) is 18.3. The Morgan fingerprint density at radius 2 is 1.73 bits per heavy atom. The molecule has 144 valence electrons. The van der Waals surface area contributed by atoms with Gasteiger partial charge in [0.15, 0.2) is 0 Å². The zero-order valence-corrected chi connectivity index (χ0v) is 16.0. The van der Waals surface area contributed by atoms with E-state index >= 15 is 0 Å². The van der Waals surface area contributed by atoms with E-state index < -0.39 is 0 Å². The SMILES string of the molecule is OC[C@@H]1CN(Cc2cccc(OC3CCCC3)c2)C[C@@H]1CN1CCCC1. The number of benzene rings is 1. The lowest BCUT2D eigenvalue weighted by Gasteiger charge is -2.23. The Labute approximate surface area is 158 Å². The Balaban J connectivity index is 1.33. The van der Waals surface area contributed by atoms with Crippen molar-refractivity contribution in [2.24, 2.45) is 11.8 Å². The molecule has 1 aliphatic carbocycles. The van der Waals surface area contributed by atoms with Crippen LogP contribution in [0.5, 0.6) is 5.75 Å². The number of likely N-dealkylation sites (tertiary alicyclic amines) is 2. The van der Waals surface area contributed by atoms with E-state index in [-0.39, 0.29) is 0 Å². The van der Waals surface area contributed by atoms with Crippen molar-refractivity contribution in [1.82, 2.24) is 9.80 Å². The largest absolute Gasteiger partial charge is 0.490 e. The molecule has 2 saturated heterocycles. The van der Waals surface area contributed by atoms with Gasteiger partial charge >= 0.3 is 0 Å². The van der Waals surface area contributed by atoms with E-state index in [9.17, 15) is 5.11 Å². The maximum absolute atomic E-state index is 9.83. The summed E-state index contributed by atoms with van der Waals surface area (Å²) in [7, 11) is 0. The van der Waals surface area contributed by atoms with Crippen LogP contribution < -0.4 is 4.74 Å². The fraction of sp³-hybridized carbons (Fsp3) is 0.727. The summed E-state index contributed by atoms with van der Waals surface area (Å²) in [5.41, 5.74) is 1.33. The monoisotopic (exact) mass is 358 g/mol. The predicted molar refractivity (Wildman–Crippen MR) is 104 cm³/mol. The Hall–Kier alpha value is -1.10. The van der Waals surface area contributed by atoms with Crippen LogP contribution in [0, 0.1) is 11.8 Å². The number of aliphatic hydroxyl groups is 1. The molecular weight excluding hydrogens is 324 g/mol. The lowest BCUT2D eigenvalue weighted by atomic mass is 9.96. The fourth-order valence-electron chi connectivity index (χ4n) is 5.05. The number of hydrogen-bond acceptors (Lipinski definition) is 4. The van der Waals surface area contributed by atoms with E-state index in [1.807, 2.05) is 0 Å². The quantitative estimate of drug-likeness (QED) is 0.812. The van der Waals surface area contributed by atoms with Gasteiger partial charge in [-0.15, -0.1) is 0 Å². The van der Waals surface area contributed by atoms with E-state index in [2.05, 4.69) is 34.1 Å². The Morgan fingerprint density at radius 3 is 2.50 bits per heavy atom. The van der Waals surface area contributed by atoms with Gasteiger partial charge < -0.3 is 14.7 Å². The highest BCUT2D eigenvalue weighted by Gasteiger charge is 2.33. The molecule has 2 atom stereocenters. The smallest absolute Gasteiger partial charge is 0.120 e. The second-order valence-electron chi connectivity index (χ2n) is 8.58. The number of nitrogens with zero attached hydrogens (tertiary/aromatic N) is 2. The second kappa shape index (κ2) is 8.73. The molecule has 1 saturated carbocycles. The van der Waals surface area contributed by atoms with Gasteiger partial charge in [-0.3, -0.25) is 4.90 Å². The van der Waals surface area contributed by atoms with Crippen LogP contribution in [-0.2, 0) is 6.54 Å². The molecule has 1 aromatic carbocycles. The molecule has 0 unspecified atom stereocenters. The lowest BCUT2D eigenvalue weighted by Crippen LogP contribution is -2.31. The maximum Gasteiger partial charge on any atom is 0.120 e. The van der Waals surface area contributed by atoms with Crippen molar-refractivity contribution in [2.75, 3.05) is 39.3 Å². The summed E-state index contributed by atoms with van der Waals surface area (Å²) in [5.74, 6) is 2.06. The Kier molecular flexibility index (Phi) is 6.13. The molecule has 1 N–H and O–H groups in total. The topological polar surface area (TPSA) is 35.9 Å². The minimum Gasteiger partial charge on any atom is -0.490 e. The maximum atomic E-state index is 9.83. The molecule has 4 heteroatoms. The molecule has 4 nitrogen and oxygen atoms in total. The molecule has 3 fully saturated rings. The highest BCUT2D eigenvalue weighted by atomic mass is 16.5. The average molecular weight is 359 g/mol. The molecule has 0 aromatic heterocycles. The first-order chi connectivity index (χ1) is 12.8. The summed E-state index contributed by atoms with van der Waals surface area (Å²) in [5, 5.41) is 9.83. The third-order valence-corrected chi connectivity index (χ3v) is 6.49. The third-order valence-electron chi connectivity index (χ3n) is 6.49. The number of aliphatic hydroxyl groups excluding tert-OH is 1. The van der Waals surface area contributed by atoms with Gasteiger partial charge in [0.2, 0.25) is 0 Å². The molecule has 2 aliphatic heterocycles. The Bertz CT molecular complexity index is 567. The van der Waals surface area contributed by atoms with Crippen LogP contribution in [0.25, 0.3) is 0 Å². The number of hydrogen-bond donors (Lipinski definition) is 1.